The number of nitrogens with zero attached hydrogens (tertiary/aromatic N) is 2. The van der Waals surface area contributed by atoms with Crippen LogP contribution in [0.5, 0.6) is 0 Å². The fourth-order valence-corrected chi connectivity index (χ4v) is 2.37. The molecule has 1 saturated carbocycles. The lowest BCUT2D eigenvalue weighted by atomic mass is 10.1. The van der Waals surface area contributed by atoms with Crippen molar-refractivity contribution >= 4 is 17.4 Å². The topological polar surface area (TPSA) is 66.9 Å². The number of rotatable bonds is 5. The van der Waals surface area contributed by atoms with Gasteiger partial charge < -0.3 is 10.6 Å². The maximum Gasteiger partial charge on any atom is 0.270 e. The number of para-hydroxylation sites is 1. The molecule has 1 aliphatic carbocycles. The van der Waals surface area contributed by atoms with Crippen LogP contribution in [0.1, 0.15) is 41.4 Å². The molecule has 0 radical (unpaired) electrons. The number of nitrogens with one attached hydrogen (secondary N) is 2. The van der Waals surface area contributed by atoms with E-state index in [0.29, 0.717) is 17.6 Å². The van der Waals surface area contributed by atoms with Crippen molar-refractivity contribution in [2.45, 2.75) is 39.2 Å². The molecule has 1 aliphatic rings. The van der Waals surface area contributed by atoms with Gasteiger partial charge in [0.2, 0.25) is 0 Å². The van der Waals surface area contributed by atoms with Crippen LogP contribution in [-0.4, -0.2) is 21.9 Å². The second-order valence-electron chi connectivity index (χ2n) is 5.62. The van der Waals surface area contributed by atoms with Gasteiger partial charge in [0.15, 0.2) is 0 Å². The first-order valence-corrected chi connectivity index (χ1v) is 7.65. The number of aryl methyl sites for hydroxylation is 2. The fourth-order valence-electron chi connectivity index (χ4n) is 2.37. The molecule has 1 heterocycles. The summed E-state index contributed by atoms with van der Waals surface area (Å²) in [5, 5.41) is 6.26. The molecular weight excluding hydrogens is 276 g/mol. The summed E-state index contributed by atoms with van der Waals surface area (Å²) in [4.78, 5) is 20.4. The molecule has 1 aromatic heterocycles. The number of amides is 1. The number of carbonyl (C=O) groups excluding carboxylic acids is 1. The normalized spacial score (nSPS) is 13.7. The third kappa shape index (κ3) is 3.24. The molecule has 0 unspecified atom stereocenters. The molecule has 1 fully saturated rings. The van der Waals surface area contributed by atoms with Gasteiger partial charge in [0.25, 0.3) is 5.91 Å². The van der Waals surface area contributed by atoms with Crippen molar-refractivity contribution in [3.63, 3.8) is 0 Å². The lowest BCUT2D eigenvalue weighted by Crippen LogP contribution is -2.26. The SMILES string of the molecule is CCc1cccc(C)c1Nc1cc(C(=O)NC2CC2)ncn1. The van der Waals surface area contributed by atoms with E-state index in [9.17, 15) is 4.79 Å². The van der Waals surface area contributed by atoms with E-state index < -0.39 is 0 Å². The van der Waals surface area contributed by atoms with Gasteiger partial charge in [-0.15, -0.1) is 0 Å². The fraction of sp³-hybridized carbons (Fsp3) is 0.353. The van der Waals surface area contributed by atoms with E-state index in [1.54, 1.807) is 6.07 Å². The summed E-state index contributed by atoms with van der Waals surface area (Å²) in [5.74, 6) is 0.508. The average molecular weight is 296 g/mol. The summed E-state index contributed by atoms with van der Waals surface area (Å²) < 4.78 is 0. The molecule has 114 valence electrons. The Bertz CT molecular complexity index is 695. The van der Waals surface area contributed by atoms with Gasteiger partial charge in [0, 0.05) is 17.8 Å². The Morgan fingerprint density at radius 1 is 1.32 bits per heavy atom. The number of benzene rings is 1. The van der Waals surface area contributed by atoms with E-state index in [1.165, 1.54) is 11.9 Å². The van der Waals surface area contributed by atoms with E-state index in [2.05, 4.69) is 46.6 Å². The van der Waals surface area contributed by atoms with Gasteiger partial charge in [-0.25, -0.2) is 9.97 Å². The number of aromatic nitrogens is 2. The van der Waals surface area contributed by atoms with Crippen molar-refractivity contribution < 1.29 is 4.79 Å². The van der Waals surface area contributed by atoms with Crippen molar-refractivity contribution in [1.82, 2.24) is 15.3 Å². The standard InChI is InChI=1S/C17H20N4O/c1-3-12-6-4-5-11(2)16(12)21-15-9-14(18-10-19-15)17(22)20-13-7-8-13/h4-6,9-10,13H,3,7-8H2,1-2H3,(H,20,22)(H,18,19,21). The quantitative estimate of drug-likeness (QED) is 0.890. The molecule has 5 heteroatoms. The minimum Gasteiger partial charge on any atom is -0.348 e. The molecule has 22 heavy (non-hydrogen) atoms. The largest absolute Gasteiger partial charge is 0.348 e. The molecule has 1 amide bonds. The Hall–Kier alpha value is -2.43. The molecule has 0 spiro atoms. The first kappa shape index (κ1) is 14.5. The van der Waals surface area contributed by atoms with Crippen LogP contribution in [0.15, 0.2) is 30.6 Å². The Balaban J connectivity index is 1.82. The van der Waals surface area contributed by atoms with Crippen molar-refractivity contribution in [2.24, 2.45) is 0 Å². The summed E-state index contributed by atoms with van der Waals surface area (Å²) in [5.41, 5.74) is 3.83. The van der Waals surface area contributed by atoms with E-state index >= 15 is 0 Å². The molecular formula is C17H20N4O. The highest BCUT2D eigenvalue weighted by molar-refractivity contribution is 5.93. The monoisotopic (exact) mass is 296 g/mol. The Morgan fingerprint density at radius 2 is 2.14 bits per heavy atom. The van der Waals surface area contributed by atoms with Crippen LogP contribution in [0, 0.1) is 6.92 Å². The number of anilines is 2. The smallest absolute Gasteiger partial charge is 0.270 e. The van der Waals surface area contributed by atoms with Gasteiger partial charge in [0.05, 0.1) is 0 Å². The third-order valence-electron chi connectivity index (χ3n) is 3.81. The highest BCUT2D eigenvalue weighted by atomic mass is 16.2. The molecule has 1 aromatic carbocycles. The predicted octanol–water partition coefficient (Wildman–Crippen LogP) is 2.98. The van der Waals surface area contributed by atoms with Gasteiger partial charge >= 0.3 is 0 Å². The minimum atomic E-state index is -0.131. The molecule has 5 nitrogen and oxygen atoms in total. The Morgan fingerprint density at radius 3 is 2.86 bits per heavy atom. The second-order valence-corrected chi connectivity index (χ2v) is 5.62. The van der Waals surface area contributed by atoms with E-state index in [0.717, 1.165) is 30.5 Å². The van der Waals surface area contributed by atoms with Crippen LogP contribution in [0.2, 0.25) is 0 Å². The average Bonchev–Trinajstić information content (AvgIpc) is 3.33. The second kappa shape index (κ2) is 6.13. The van der Waals surface area contributed by atoms with Crippen molar-refractivity contribution in [3.8, 4) is 0 Å². The molecule has 0 saturated heterocycles. The van der Waals surface area contributed by atoms with Crippen LogP contribution in [0.4, 0.5) is 11.5 Å². The lowest BCUT2D eigenvalue weighted by Gasteiger charge is -2.13. The molecule has 2 N–H and O–H groups in total. The summed E-state index contributed by atoms with van der Waals surface area (Å²) >= 11 is 0. The summed E-state index contributed by atoms with van der Waals surface area (Å²) in [6.07, 6.45) is 4.48. The zero-order valence-electron chi connectivity index (χ0n) is 12.9. The van der Waals surface area contributed by atoms with Gasteiger partial charge in [-0.1, -0.05) is 25.1 Å². The first-order chi connectivity index (χ1) is 10.7. The summed E-state index contributed by atoms with van der Waals surface area (Å²) in [7, 11) is 0. The van der Waals surface area contributed by atoms with Crippen LogP contribution in [0.25, 0.3) is 0 Å². The van der Waals surface area contributed by atoms with Crippen LogP contribution in [-0.2, 0) is 6.42 Å². The van der Waals surface area contributed by atoms with Crippen molar-refractivity contribution in [3.05, 3.63) is 47.4 Å². The van der Waals surface area contributed by atoms with Gasteiger partial charge in [-0.3, -0.25) is 4.79 Å². The highest BCUT2D eigenvalue weighted by Gasteiger charge is 2.24. The van der Waals surface area contributed by atoms with Gasteiger partial charge in [-0.05, 0) is 37.3 Å². The van der Waals surface area contributed by atoms with Crippen molar-refractivity contribution in [1.29, 1.82) is 0 Å². The molecule has 0 atom stereocenters. The zero-order chi connectivity index (χ0) is 15.5. The van der Waals surface area contributed by atoms with Gasteiger partial charge in [0.1, 0.15) is 17.8 Å². The number of hydrogen-bond donors (Lipinski definition) is 2. The third-order valence-corrected chi connectivity index (χ3v) is 3.81. The van der Waals surface area contributed by atoms with Crippen LogP contribution in [0.3, 0.4) is 0 Å². The molecule has 0 bridgehead atoms. The maximum absolute atomic E-state index is 12.1. The van der Waals surface area contributed by atoms with E-state index in [4.69, 9.17) is 0 Å². The number of hydrogen-bond acceptors (Lipinski definition) is 4. The lowest BCUT2D eigenvalue weighted by molar-refractivity contribution is 0.0946. The number of carbonyl (C=O) groups is 1. The zero-order valence-corrected chi connectivity index (χ0v) is 12.9. The highest BCUT2D eigenvalue weighted by Crippen LogP contribution is 2.25. The summed E-state index contributed by atoms with van der Waals surface area (Å²) in [6.45, 7) is 4.18. The van der Waals surface area contributed by atoms with Crippen LogP contribution >= 0.6 is 0 Å². The first-order valence-electron chi connectivity index (χ1n) is 7.65. The minimum absolute atomic E-state index is 0.131. The van der Waals surface area contributed by atoms with Crippen LogP contribution < -0.4 is 10.6 Å². The maximum atomic E-state index is 12.1. The van der Waals surface area contributed by atoms with Gasteiger partial charge in [-0.2, -0.15) is 0 Å². The summed E-state index contributed by atoms with van der Waals surface area (Å²) in [6, 6.07) is 8.22. The molecule has 3 rings (SSSR count). The Kier molecular flexibility index (Phi) is 4.04. The van der Waals surface area contributed by atoms with E-state index in [-0.39, 0.29) is 5.91 Å². The molecule has 0 aliphatic heterocycles. The molecule has 2 aromatic rings. The predicted molar refractivity (Wildman–Crippen MR) is 86.4 cm³/mol. The Labute approximate surface area is 130 Å². The van der Waals surface area contributed by atoms with E-state index in [1.807, 2.05) is 6.07 Å². The van der Waals surface area contributed by atoms with Crippen molar-refractivity contribution in [2.75, 3.05) is 5.32 Å².